The molecule has 244 valence electrons. The SMILES string of the molecule is COc1ccc(S(=O)(=O)Nc2ccc3c(c2)CC(=O)N([C@@H](C)CO)C[C@H](C)[C@H](CN(C)Cc2ccc(C(F)(F)F)cc2)O3)cc1. The maximum atomic E-state index is 13.5. The van der Waals surface area contributed by atoms with Crippen molar-refractivity contribution in [2.24, 2.45) is 5.92 Å². The van der Waals surface area contributed by atoms with Crippen molar-refractivity contribution < 1.29 is 41.0 Å². The summed E-state index contributed by atoms with van der Waals surface area (Å²) in [6.07, 6.45) is -4.95. The Bertz CT molecular complexity index is 1570. The van der Waals surface area contributed by atoms with Crippen LogP contribution in [0.2, 0.25) is 0 Å². The van der Waals surface area contributed by atoms with Gasteiger partial charge in [-0.05, 0) is 74.1 Å². The summed E-state index contributed by atoms with van der Waals surface area (Å²) in [6.45, 7) is 4.47. The van der Waals surface area contributed by atoms with E-state index in [0.717, 1.165) is 12.1 Å². The highest BCUT2D eigenvalue weighted by Crippen LogP contribution is 2.31. The Labute approximate surface area is 261 Å². The third-order valence-corrected chi connectivity index (χ3v) is 9.16. The highest BCUT2D eigenvalue weighted by molar-refractivity contribution is 7.92. The average Bonchev–Trinajstić information content (AvgIpc) is 3.03. The maximum Gasteiger partial charge on any atom is 0.416 e. The largest absolute Gasteiger partial charge is 0.497 e. The Balaban J connectivity index is 1.59. The van der Waals surface area contributed by atoms with E-state index in [1.165, 1.54) is 43.5 Å². The summed E-state index contributed by atoms with van der Waals surface area (Å²) in [6, 6.07) is 15.2. The number of methoxy groups -OCH3 is 1. The number of amides is 1. The van der Waals surface area contributed by atoms with Gasteiger partial charge < -0.3 is 19.5 Å². The minimum absolute atomic E-state index is 0.0343. The topological polar surface area (TPSA) is 108 Å². The molecule has 0 spiro atoms. The Morgan fingerprint density at radius 2 is 1.78 bits per heavy atom. The zero-order chi connectivity index (χ0) is 32.9. The van der Waals surface area contributed by atoms with Crippen molar-refractivity contribution in [2.45, 2.75) is 50.0 Å². The van der Waals surface area contributed by atoms with E-state index in [4.69, 9.17) is 9.47 Å². The number of hydrogen-bond acceptors (Lipinski definition) is 7. The van der Waals surface area contributed by atoms with Crippen LogP contribution in [0.25, 0.3) is 0 Å². The highest BCUT2D eigenvalue weighted by Gasteiger charge is 2.32. The van der Waals surface area contributed by atoms with Gasteiger partial charge in [-0.2, -0.15) is 13.2 Å². The lowest BCUT2D eigenvalue weighted by atomic mass is 10.0. The second kappa shape index (κ2) is 14.1. The van der Waals surface area contributed by atoms with Gasteiger partial charge in [0.15, 0.2) is 0 Å². The first kappa shape index (κ1) is 34.1. The van der Waals surface area contributed by atoms with E-state index in [0.29, 0.717) is 42.3 Å². The van der Waals surface area contributed by atoms with E-state index in [9.17, 15) is 31.5 Å². The summed E-state index contributed by atoms with van der Waals surface area (Å²) in [5.41, 5.74) is 0.689. The van der Waals surface area contributed by atoms with E-state index in [2.05, 4.69) is 4.72 Å². The van der Waals surface area contributed by atoms with Crippen LogP contribution in [-0.4, -0.2) is 75.2 Å². The molecule has 9 nitrogen and oxygen atoms in total. The molecule has 1 aliphatic heterocycles. The number of benzene rings is 3. The Kier molecular flexibility index (Phi) is 10.7. The van der Waals surface area contributed by atoms with Crippen LogP contribution < -0.4 is 14.2 Å². The molecule has 4 rings (SSSR count). The molecule has 2 N–H and O–H groups in total. The highest BCUT2D eigenvalue weighted by atomic mass is 32.2. The summed E-state index contributed by atoms with van der Waals surface area (Å²) >= 11 is 0. The number of carbonyl (C=O) groups is 1. The molecular weight excluding hydrogens is 611 g/mol. The number of sulfonamides is 1. The van der Waals surface area contributed by atoms with Gasteiger partial charge in [0.25, 0.3) is 10.0 Å². The van der Waals surface area contributed by atoms with Gasteiger partial charge in [-0.25, -0.2) is 8.42 Å². The third kappa shape index (κ3) is 8.68. The molecule has 0 unspecified atom stereocenters. The Morgan fingerprint density at radius 3 is 2.38 bits per heavy atom. The van der Waals surface area contributed by atoms with Gasteiger partial charge in [0.05, 0.1) is 36.6 Å². The van der Waals surface area contributed by atoms with Gasteiger partial charge >= 0.3 is 6.18 Å². The maximum absolute atomic E-state index is 13.5. The zero-order valence-corrected chi connectivity index (χ0v) is 26.4. The van der Waals surface area contributed by atoms with E-state index in [1.807, 2.05) is 18.9 Å². The van der Waals surface area contributed by atoms with E-state index in [-0.39, 0.29) is 35.4 Å². The number of aliphatic hydroxyl groups excluding tert-OH is 1. The number of likely N-dealkylation sites (N-methyl/N-ethyl adjacent to an activating group) is 1. The molecule has 0 radical (unpaired) electrons. The molecule has 3 aromatic rings. The molecule has 13 heteroatoms. The predicted octanol–water partition coefficient (Wildman–Crippen LogP) is 4.80. The number of fused-ring (bicyclic) bond motifs is 1. The number of anilines is 1. The summed E-state index contributed by atoms with van der Waals surface area (Å²) in [4.78, 5) is 17.1. The first-order valence-electron chi connectivity index (χ1n) is 14.4. The molecule has 0 fully saturated rings. The molecule has 1 heterocycles. The minimum Gasteiger partial charge on any atom is -0.497 e. The molecular formula is C32H38F3N3O6S. The lowest BCUT2D eigenvalue weighted by Gasteiger charge is -2.34. The number of ether oxygens (including phenoxy) is 2. The van der Waals surface area contributed by atoms with Crippen LogP contribution in [0.4, 0.5) is 18.9 Å². The van der Waals surface area contributed by atoms with Gasteiger partial charge in [-0.3, -0.25) is 14.4 Å². The predicted molar refractivity (Wildman–Crippen MR) is 164 cm³/mol. The summed E-state index contributed by atoms with van der Waals surface area (Å²) in [7, 11) is -0.637. The van der Waals surface area contributed by atoms with Gasteiger partial charge in [-0.15, -0.1) is 0 Å². The fraction of sp³-hybridized carbons (Fsp3) is 0.406. The summed E-state index contributed by atoms with van der Waals surface area (Å²) in [5.74, 6) is 0.477. The van der Waals surface area contributed by atoms with Gasteiger partial charge in [0.1, 0.15) is 17.6 Å². The summed E-state index contributed by atoms with van der Waals surface area (Å²) in [5, 5.41) is 9.89. The van der Waals surface area contributed by atoms with Gasteiger partial charge in [-0.1, -0.05) is 19.1 Å². The minimum atomic E-state index is -4.41. The number of hydrogen-bond donors (Lipinski definition) is 2. The van der Waals surface area contributed by atoms with Crippen molar-refractivity contribution in [2.75, 3.05) is 38.6 Å². The summed E-state index contributed by atoms with van der Waals surface area (Å²) < 4.78 is 79.3. The monoisotopic (exact) mass is 649 g/mol. The van der Waals surface area contributed by atoms with Crippen LogP contribution in [0.15, 0.2) is 71.6 Å². The van der Waals surface area contributed by atoms with Gasteiger partial charge in [0.2, 0.25) is 5.91 Å². The number of rotatable bonds is 10. The van der Waals surface area contributed by atoms with Crippen LogP contribution in [0, 0.1) is 5.92 Å². The lowest BCUT2D eigenvalue weighted by Crippen LogP contribution is -2.47. The molecule has 3 aromatic carbocycles. The smallest absolute Gasteiger partial charge is 0.416 e. The number of halogens is 3. The molecule has 0 bridgehead atoms. The fourth-order valence-electron chi connectivity index (χ4n) is 5.16. The number of nitrogens with one attached hydrogen (secondary N) is 1. The van der Waals surface area contributed by atoms with Crippen LogP contribution in [0.1, 0.15) is 30.5 Å². The van der Waals surface area contributed by atoms with Crippen molar-refractivity contribution in [1.29, 1.82) is 0 Å². The Hall–Kier alpha value is -3.81. The second-order valence-corrected chi connectivity index (χ2v) is 13.1. The molecule has 3 atom stereocenters. The number of aliphatic hydroxyl groups is 1. The normalized spacial score (nSPS) is 18.3. The van der Waals surface area contributed by atoms with Gasteiger partial charge in [0, 0.05) is 36.8 Å². The molecule has 0 saturated carbocycles. The van der Waals surface area contributed by atoms with Crippen molar-refractivity contribution in [3.63, 3.8) is 0 Å². The standard InChI is InChI=1S/C32H38F3N3O6S/c1-21-17-38(22(2)20-39)31(40)16-24-15-26(36-45(41,42)28-12-10-27(43-4)11-13-28)9-14-29(24)44-30(21)19-37(3)18-23-5-7-25(8-6-23)32(33,34)35/h5-15,21-22,30,36,39H,16-20H2,1-4H3/t21-,22-,30-/m0/s1. The number of carbonyl (C=O) groups excluding carboxylic acids is 1. The number of alkyl halides is 3. The van der Waals surface area contributed by atoms with E-state index < -0.39 is 33.9 Å². The van der Waals surface area contributed by atoms with Crippen LogP contribution >= 0.6 is 0 Å². The molecule has 1 amide bonds. The third-order valence-electron chi connectivity index (χ3n) is 7.76. The molecule has 0 aliphatic carbocycles. The lowest BCUT2D eigenvalue weighted by molar-refractivity contribution is -0.137. The van der Waals surface area contributed by atoms with Crippen LogP contribution in [0.3, 0.4) is 0 Å². The molecule has 1 aliphatic rings. The second-order valence-electron chi connectivity index (χ2n) is 11.4. The molecule has 0 aromatic heterocycles. The molecule has 0 saturated heterocycles. The van der Waals surface area contributed by atoms with Crippen molar-refractivity contribution in [3.8, 4) is 11.5 Å². The first-order chi connectivity index (χ1) is 21.2. The Morgan fingerprint density at radius 1 is 1.11 bits per heavy atom. The quantitative estimate of drug-likeness (QED) is 0.325. The zero-order valence-electron chi connectivity index (χ0n) is 25.5. The fourth-order valence-corrected chi connectivity index (χ4v) is 6.21. The van der Waals surface area contributed by atoms with Crippen molar-refractivity contribution >= 4 is 21.6 Å². The van der Waals surface area contributed by atoms with E-state index in [1.54, 1.807) is 30.0 Å². The van der Waals surface area contributed by atoms with E-state index >= 15 is 0 Å². The molecule has 45 heavy (non-hydrogen) atoms. The van der Waals surface area contributed by atoms with Crippen LogP contribution in [0.5, 0.6) is 11.5 Å². The van der Waals surface area contributed by atoms with Crippen molar-refractivity contribution in [3.05, 3.63) is 83.4 Å². The average molecular weight is 650 g/mol. The number of nitrogens with zero attached hydrogens (tertiary/aromatic N) is 2. The first-order valence-corrected chi connectivity index (χ1v) is 15.9. The van der Waals surface area contributed by atoms with Crippen molar-refractivity contribution in [1.82, 2.24) is 9.80 Å². The van der Waals surface area contributed by atoms with Crippen LogP contribution in [-0.2, 0) is 34.0 Å².